The summed E-state index contributed by atoms with van der Waals surface area (Å²) in [5.74, 6) is 1.84. The molecule has 7 heteroatoms. The summed E-state index contributed by atoms with van der Waals surface area (Å²) in [5, 5.41) is 3.58. The van der Waals surface area contributed by atoms with Crippen LogP contribution in [0.4, 0.5) is 4.39 Å². The minimum absolute atomic E-state index is 0. The monoisotopic (exact) mass is 1140 g/mol. The standard InChI is InChI=1S/C31H28FNO.C18H25NSi.C15H17N.Ir/c1-31(2,21-8-3-4-9-21)22-16-17-33-28(19-22)26-12-7-11-25-24-15-14-20(18-29(24)34-30(25)26)23-10-5-6-13-27(23)32;1-14(2)11-16-12-17(15-9-7-6-8-10-15)19-13-18(16)20(3,4)5;1-12(2)10-13-8-9-16-15(11-13)14-6-4-3-5-7-14;/h5-7,10-19,21H,3-4,8-9H2,1-2H3;6-10,12-14H,11H2,1-5H3;3-9,11-12H,10H2,1-2H3;. The minimum atomic E-state index is -1.33. The molecule has 9 aromatic rings. The Kier molecular flexibility index (Phi) is 17.6. The number of aromatic nitrogens is 3. The quantitative estimate of drug-likeness (QED) is 0.121. The number of hydrogen-bond donors (Lipinski definition) is 0. The Morgan fingerprint density at radius 1 is 0.592 bits per heavy atom. The molecule has 0 N–H and O–H groups in total. The van der Waals surface area contributed by atoms with Crippen LogP contribution in [-0.4, -0.2) is 23.0 Å². The van der Waals surface area contributed by atoms with E-state index in [1.165, 1.54) is 64.8 Å². The Labute approximate surface area is 437 Å². The van der Waals surface area contributed by atoms with Crippen LogP contribution in [0.3, 0.4) is 0 Å². The van der Waals surface area contributed by atoms with Crippen molar-refractivity contribution in [2.75, 3.05) is 0 Å². The van der Waals surface area contributed by atoms with Gasteiger partial charge in [0.1, 0.15) is 17.0 Å². The van der Waals surface area contributed by atoms with Crippen molar-refractivity contribution in [3.05, 3.63) is 193 Å². The first-order valence-electron chi connectivity index (χ1n) is 25.4. The number of para-hydroxylation sites is 1. The Morgan fingerprint density at radius 2 is 1.20 bits per heavy atom. The van der Waals surface area contributed by atoms with Crippen LogP contribution in [0.2, 0.25) is 19.6 Å². The molecule has 1 fully saturated rings. The van der Waals surface area contributed by atoms with Crippen LogP contribution in [0, 0.1) is 23.6 Å². The SMILES string of the molecule is CC(C)(c1ccnc(-c2cccc3c2oc2cc(-c4ccccc4F)ccc23)c1)C1CCCC1.CC(C)Cc1cc(-c2ccccc2)ncc1[Si](C)(C)C.CC(C)Cc1ccnc(-c2ccccc2)c1.[Ir]. The third kappa shape index (κ3) is 13.0. The van der Waals surface area contributed by atoms with E-state index in [1.54, 1.807) is 12.1 Å². The molecule has 10 rings (SSSR count). The number of rotatable bonds is 11. The van der Waals surface area contributed by atoms with E-state index in [4.69, 9.17) is 14.4 Å². The molecule has 0 bridgehead atoms. The molecule has 4 nitrogen and oxygen atoms in total. The summed E-state index contributed by atoms with van der Waals surface area (Å²) in [6.07, 6.45) is 13.5. The van der Waals surface area contributed by atoms with Crippen molar-refractivity contribution in [3.8, 4) is 44.9 Å². The predicted octanol–water partition coefficient (Wildman–Crippen LogP) is 17.4. The number of fused-ring (bicyclic) bond motifs is 3. The average Bonchev–Trinajstić information content (AvgIpc) is 4.04. The Bertz CT molecular complexity index is 3150. The molecule has 1 radical (unpaired) electrons. The molecule has 0 atom stereocenters. The molecule has 0 amide bonds. The fraction of sp³-hybridized carbons (Fsp3) is 0.297. The number of pyridine rings is 3. The first-order chi connectivity index (χ1) is 33.7. The van der Waals surface area contributed by atoms with Gasteiger partial charge in [-0.25, -0.2) is 4.39 Å². The zero-order chi connectivity index (χ0) is 49.4. The summed E-state index contributed by atoms with van der Waals surface area (Å²) in [4.78, 5) is 13.9. The van der Waals surface area contributed by atoms with E-state index in [1.807, 2.05) is 54.9 Å². The molecule has 71 heavy (non-hydrogen) atoms. The molecular weight excluding hydrogens is 1070 g/mol. The summed E-state index contributed by atoms with van der Waals surface area (Å²) >= 11 is 0. The Hall–Kier alpha value is -5.85. The van der Waals surface area contributed by atoms with E-state index in [9.17, 15) is 4.39 Å². The smallest absolute Gasteiger partial charge is 0.144 e. The van der Waals surface area contributed by atoms with Crippen molar-refractivity contribution in [3.63, 3.8) is 0 Å². The van der Waals surface area contributed by atoms with Crippen molar-refractivity contribution >= 4 is 35.2 Å². The summed E-state index contributed by atoms with van der Waals surface area (Å²) in [6, 6.07) is 50.8. The second-order valence-electron chi connectivity index (χ2n) is 21.6. The van der Waals surface area contributed by atoms with E-state index in [0.29, 0.717) is 23.3 Å². The molecule has 4 aromatic heterocycles. The van der Waals surface area contributed by atoms with Gasteiger partial charge in [0, 0.05) is 71.7 Å². The molecule has 1 saturated carbocycles. The molecule has 5 aromatic carbocycles. The molecule has 0 spiro atoms. The van der Waals surface area contributed by atoms with Gasteiger partial charge in [-0.15, -0.1) is 0 Å². The molecule has 4 heterocycles. The van der Waals surface area contributed by atoms with Crippen LogP contribution in [-0.2, 0) is 38.4 Å². The fourth-order valence-corrected chi connectivity index (χ4v) is 11.7. The predicted molar refractivity (Wildman–Crippen MR) is 297 cm³/mol. The van der Waals surface area contributed by atoms with Gasteiger partial charge < -0.3 is 4.42 Å². The third-order valence-corrected chi connectivity index (χ3v) is 15.9. The summed E-state index contributed by atoms with van der Waals surface area (Å²) in [6.45, 7) is 21.0. The van der Waals surface area contributed by atoms with Gasteiger partial charge >= 0.3 is 0 Å². The van der Waals surface area contributed by atoms with Crippen LogP contribution in [0.1, 0.15) is 83.9 Å². The van der Waals surface area contributed by atoms with Gasteiger partial charge in [0.05, 0.1) is 25.2 Å². The summed E-state index contributed by atoms with van der Waals surface area (Å²) in [7, 11) is -1.33. The third-order valence-electron chi connectivity index (χ3n) is 13.9. The van der Waals surface area contributed by atoms with Crippen molar-refractivity contribution < 1.29 is 28.9 Å². The molecule has 0 aliphatic heterocycles. The van der Waals surface area contributed by atoms with Gasteiger partial charge in [-0.2, -0.15) is 0 Å². The summed E-state index contributed by atoms with van der Waals surface area (Å²) < 4.78 is 20.8. The topological polar surface area (TPSA) is 51.8 Å². The number of hydrogen-bond acceptors (Lipinski definition) is 4. The van der Waals surface area contributed by atoms with E-state index >= 15 is 0 Å². The molecule has 1 aliphatic carbocycles. The first kappa shape index (κ1) is 53.0. The van der Waals surface area contributed by atoms with Gasteiger partial charge in [-0.3, -0.25) is 15.0 Å². The van der Waals surface area contributed by atoms with E-state index in [-0.39, 0.29) is 31.3 Å². The number of furan rings is 1. The van der Waals surface area contributed by atoms with Crippen LogP contribution >= 0.6 is 0 Å². The maximum absolute atomic E-state index is 14.4. The van der Waals surface area contributed by atoms with Crippen molar-refractivity contribution in [2.24, 2.45) is 17.8 Å². The van der Waals surface area contributed by atoms with Gasteiger partial charge in [-0.05, 0) is 131 Å². The first-order valence-corrected chi connectivity index (χ1v) is 28.9. The van der Waals surface area contributed by atoms with Crippen LogP contribution < -0.4 is 5.19 Å². The number of benzene rings is 5. The second-order valence-corrected chi connectivity index (χ2v) is 26.6. The van der Waals surface area contributed by atoms with Gasteiger partial charge in [0.25, 0.3) is 0 Å². The summed E-state index contributed by atoms with van der Waals surface area (Å²) in [5.41, 5.74) is 13.8. The normalized spacial score (nSPS) is 12.9. The van der Waals surface area contributed by atoms with E-state index in [2.05, 4.69) is 163 Å². The molecule has 367 valence electrons. The number of halogens is 1. The minimum Gasteiger partial charge on any atom is -0.455 e. The zero-order valence-corrected chi connectivity index (χ0v) is 46.5. The second kappa shape index (κ2) is 23.6. The van der Waals surface area contributed by atoms with Crippen LogP contribution in [0.5, 0.6) is 0 Å². The van der Waals surface area contributed by atoms with E-state index < -0.39 is 8.07 Å². The van der Waals surface area contributed by atoms with Crippen molar-refractivity contribution in [2.45, 2.75) is 105 Å². The molecule has 1 aliphatic rings. The Balaban J connectivity index is 0.000000171. The van der Waals surface area contributed by atoms with Gasteiger partial charge in [-0.1, -0.05) is 171 Å². The molecule has 0 saturated heterocycles. The Morgan fingerprint density at radius 3 is 1.85 bits per heavy atom. The van der Waals surface area contributed by atoms with Crippen LogP contribution in [0.25, 0.3) is 66.8 Å². The number of nitrogens with zero attached hydrogens (tertiary/aromatic N) is 3. The van der Waals surface area contributed by atoms with E-state index in [0.717, 1.165) is 63.0 Å². The van der Waals surface area contributed by atoms with Gasteiger partial charge in [0.2, 0.25) is 0 Å². The maximum atomic E-state index is 14.4. The van der Waals surface area contributed by atoms with Crippen molar-refractivity contribution in [1.82, 2.24) is 15.0 Å². The average molecular weight is 1140 g/mol. The largest absolute Gasteiger partial charge is 0.455 e. The van der Waals surface area contributed by atoms with Gasteiger partial charge in [0.15, 0.2) is 0 Å². The van der Waals surface area contributed by atoms with Crippen molar-refractivity contribution in [1.29, 1.82) is 0 Å². The molecular formula is C64H70FIrN3OSi. The zero-order valence-electron chi connectivity index (χ0n) is 43.1. The van der Waals surface area contributed by atoms with Crippen LogP contribution in [0.15, 0.2) is 175 Å². The maximum Gasteiger partial charge on any atom is 0.144 e. The fourth-order valence-electron chi connectivity index (χ4n) is 10.1. The molecule has 0 unspecified atom stereocenters.